The van der Waals surface area contributed by atoms with Crippen LogP contribution in [0.3, 0.4) is 0 Å². The number of hydrogen-bond acceptors (Lipinski definition) is 3. The Morgan fingerprint density at radius 3 is 2.59 bits per heavy atom. The van der Waals surface area contributed by atoms with E-state index in [9.17, 15) is 13.6 Å². The number of rotatable bonds is 2. The summed E-state index contributed by atoms with van der Waals surface area (Å²) in [5, 5.41) is 0. The van der Waals surface area contributed by atoms with Gasteiger partial charge < -0.3 is 14.4 Å². The van der Waals surface area contributed by atoms with E-state index in [4.69, 9.17) is 9.47 Å². The van der Waals surface area contributed by atoms with Crippen molar-refractivity contribution >= 4 is 11.6 Å². The number of ether oxygens (including phenoxy) is 2. The molecule has 0 aromatic heterocycles. The molecule has 0 atom stereocenters. The van der Waals surface area contributed by atoms with Crippen LogP contribution in [0.2, 0.25) is 0 Å². The lowest BCUT2D eigenvalue weighted by molar-refractivity contribution is -0.120. The largest absolute Gasteiger partial charge is 0.493 e. The molecule has 0 saturated carbocycles. The minimum absolute atomic E-state index is 0.147. The molecule has 1 amide bonds. The molecule has 0 aliphatic carbocycles. The lowest BCUT2D eigenvalue weighted by Crippen LogP contribution is -2.32. The zero-order valence-electron chi connectivity index (χ0n) is 11.8. The normalized spacial score (nSPS) is 14.1. The van der Waals surface area contributed by atoms with Gasteiger partial charge in [-0.1, -0.05) is 12.1 Å². The third-order valence-electron chi connectivity index (χ3n) is 3.41. The van der Waals surface area contributed by atoms with Crippen molar-refractivity contribution in [3.63, 3.8) is 0 Å². The molecule has 4 nitrogen and oxygen atoms in total. The highest BCUT2D eigenvalue weighted by molar-refractivity contribution is 5.95. The van der Waals surface area contributed by atoms with Crippen LogP contribution >= 0.6 is 0 Å². The zero-order valence-corrected chi connectivity index (χ0v) is 11.8. The van der Waals surface area contributed by atoms with Crippen LogP contribution in [0.5, 0.6) is 11.5 Å². The first-order valence-corrected chi connectivity index (χ1v) is 6.63. The minimum atomic E-state index is -0.737. The number of anilines is 1. The van der Waals surface area contributed by atoms with E-state index >= 15 is 0 Å². The van der Waals surface area contributed by atoms with Crippen LogP contribution in [0.15, 0.2) is 36.4 Å². The molecule has 0 spiro atoms. The van der Waals surface area contributed by atoms with Gasteiger partial charge in [0.05, 0.1) is 13.7 Å². The number of para-hydroxylation sites is 1. The molecule has 0 radical (unpaired) electrons. The summed E-state index contributed by atoms with van der Waals surface area (Å²) in [6.07, 6.45) is 0. The van der Waals surface area contributed by atoms with Crippen LogP contribution in [0.4, 0.5) is 14.5 Å². The zero-order chi connectivity index (χ0) is 15.7. The number of hydrogen-bond donors (Lipinski definition) is 0. The highest BCUT2D eigenvalue weighted by Crippen LogP contribution is 2.35. The van der Waals surface area contributed by atoms with Crippen LogP contribution in [0.25, 0.3) is 0 Å². The van der Waals surface area contributed by atoms with E-state index in [2.05, 4.69) is 0 Å². The fraction of sp³-hybridized carbons (Fsp3) is 0.188. The third kappa shape index (κ3) is 2.59. The Balaban J connectivity index is 2.03. The first-order valence-electron chi connectivity index (χ1n) is 6.63. The number of fused-ring (bicyclic) bond motifs is 1. The molecule has 0 bridgehead atoms. The highest BCUT2D eigenvalue weighted by atomic mass is 19.1. The molecule has 0 N–H and O–H groups in total. The van der Waals surface area contributed by atoms with Gasteiger partial charge in [0.2, 0.25) is 0 Å². The van der Waals surface area contributed by atoms with Gasteiger partial charge in [0.15, 0.2) is 18.1 Å². The summed E-state index contributed by atoms with van der Waals surface area (Å²) in [6.45, 7) is -0.0836. The maximum atomic E-state index is 13.4. The molecule has 1 heterocycles. The van der Waals surface area contributed by atoms with E-state index < -0.39 is 11.6 Å². The van der Waals surface area contributed by atoms with E-state index in [1.165, 1.54) is 12.0 Å². The van der Waals surface area contributed by atoms with Crippen LogP contribution in [0.1, 0.15) is 5.56 Å². The number of halogens is 2. The SMILES string of the molecule is COc1cccc2c1OCC(=O)N(c1cc(F)cc(F)c1)C2. The van der Waals surface area contributed by atoms with Crippen LogP contribution < -0.4 is 14.4 Å². The minimum Gasteiger partial charge on any atom is -0.493 e. The maximum Gasteiger partial charge on any atom is 0.265 e. The first kappa shape index (κ1) is 14.3. The second-order valence-electron chi connectivity index (χ2n) is 4.84. The van der Waals surface area contributed by atoms with Gasteiger partial charge in [-0.3, -0.25) is 4.79 Å². The average molecular weight is 305 g/mol. The second-order valence-corrected chi connectivity index (χ2v) is 4.84. The van der Waals surface area contributed by atoms with Gasteiger partial charge in [-0.15, -0.1) is 0 Å². The second kappa shape index (κ2) is 5.63. The predicted octanol–water partition coefficient (Wildman–Crippen LogP) is 2.90. The van der Waals surface area contributed by atoms with E-state index in [0.29, 0.717) is 17.1 Å². The van der Waals surface area contributed by atoms with Crippen molar-refractivity contribution in [2.75, 3.05) is 18.6 Å². The molecule has 1 aliphatic heterocycles. The molecule has 6 heteroatoms. The molecule has 2 aromatic carbocycles. The molecule has 0 unspecified atom stereocenters. The lowest BCUT2D eigenvalue weighted by atomic mass is 10.1. The van der Waals surface area contributed by atoms with E-state index in [0.717, 1.165) is 18.2 Å². The molecule has 2 aromatic rings. The maximum absolute atomic E-state index is 13.4. The Bertz CT molecular complexity index is 713. The standard InChI is InChI=1S/C16H13F2NO3/c1-21-14-4-2-3-10-8-19(15(20)9-22-16(10)14)13-6-11(17)5-12(18)7-13/h2-7H,8-9H2,1H3. The van der Waals surface area contributed by atoms with Gasteiger partial charge in [-0.25, -0.2) is 8.78 Å². The molecule has 3 rings (SSSR count). The summed E-state index contributed by atoms with van der Waals surface area (Å²) in [4.78, 5) is 13.5. The van der Waals surface area contributed by atoms with Crippen molar-refractivity contribution in [3.8, 4) is 11.5 Å². The Morgan fingerprint density at radius 2 is 1.91 bits per heavy atom. The van der Waals surface area contributed by atoms with Crippen LogP contribution in [0, 0.1) is 11.6 Å². The van der Waals surface area contributed by atoms with Crippen molar-refractivity contribution < 1.29 is 23.0 Å². The van der Waals surface area contributed by atoms with Gasteiger partial charge in [0, 0.05) is 17.3 Å². The average Bonchev–Trinajstić information content (AvgIpc) is 2.65. The quantitative estimate of drug-likeness (QED) is 0.856. The Hall–Kier alpha value is -2.63. The van der Waals surface area contributed by atoms with Crippen molar-refractivity contribution in [1.29, 1.82) is 0 Å². The summed E-state index contributed by atoms with van der Waals surface area (Å²) in [5.74, 6) is -0.879. The Kier molecular flexibility index (Phi) is 3.66. The van der Waals surface area contributed by atoms with Crippen molar-refractivity contribution in [2.45, 2.75) is 6.54 Å². The smallest absolute Gasteiger partial charge is 0.265 e. The molecular formula is C16H13F2NO3. The first-order chi connectivity index (χ1) is 10.6. The molecule has 0 fully saturated rings. The van der Waals surface area contributed by atoms with Crippen molar-refractivity contribution in [3.05, 3.63) is 53.6 Å². The number of amides is 1. The van der Waals surface area contributed by atoms with Gasteiger partial charge in [-0.05, 0) is 18.2 Å². The van der Waals surface area contributed by atoms with Crippen molar-refractivity contribution in [1.82, 2.24) is 0 Å². The monoisotopic (exact) mass is 305 g/mol. The Morgan fingerprint density at radius 1 is 1.18 bits per heavy atom. The molecule has 22 heavy (non-hydrogen) atoms. The van der Waals surface area contributed by atoms with E-state index in [1.807, 2.05) is 0 Å². The molecule has 114 valence electrons. The van der Waals surface area contributed by atoms with Gasteiger partial charge in [-0.2, -0.15) is 0 Å². The number of methoxy groups -OCH3 is 1. The predicted molar refractivity (Wildman–Crippen MR) is 76.0 cm³/mol. The fourth-order valence-electron chi connectivity index (χ4n) is 2.41. The summed E-state index contributed by atoms with van der Waals surface area (Å²) in [6, 6.07) is 8.26. The summed E-state index contributed by atoms with van der Waals surface area (Å²) < 4.78 is 37.5. The fourth-order valence-corrected chi connectivity index (χ4v) is 2.41. The lowest BCUT2D eigenvalue weighted by Gasteiger charge is -2.20. The topological polar surface area (TPSA) is 38.8 Å². The molecule has 1 aliphatic rings. The van der Waals surface area contributed by atoms with Crippen LogP contribution in [-0.4, -0.2) is 19.6 Å². The summed E-state index contributed by atoms with van der Waals surface area (Å²) >= 11 is 0. The number of carbonyl (C=O) groups excluding carboxylic acids is 1. The Labute approximate surface area is 125 Å². The van der Waals surface area contributed by atoms with Crippen molar-refractivity contribution in [2.24, 2.45) is 0 Å². The van der Waals surface area contributed by atoms with Gasteiger partial charge in [0.25, 0.3) is 5.91 Å². The van der Waals surface area contributed by atoms with Gasteiger partial charge in [0.1, 0.15) is 11.6 Å². The molecular weight excluding hydrogens is 292 g/mol. The summed E-state index contributed by atoms with van der Waals surface area (Å²) in [7, 11) is 1.51. The third-order valence-corrected chi connectivity index (χ3v) is 3.41. The number of carbonyl (C=O) groups is 1. The van der Waals surface area contributed by atoms with Gasteiger partial charge >= 0.3 is 0 Å². The molecule has 0 saturated heterocycles. The number of nitrogens with zero attached hydrogens (tertiary/aromatic N) is 1. The van der Waals surface area contributed by atoms with Crippen LogP contribution in [-0.2, 0) is 11.3 Å². The summed E-state index contributed by atoms with van der Waals surface area (Å²) in [5.41, 5.74) is 0.858. The van der Waals surface area contributed by atoms with E-state index in [-0.39, 0.29) is 24.7 Å². The highest BCUT2D eigenvalue weighted by Gasteiger charge is 2.25. The van der Waals surface area contributed by atoms with E-state index in [1.54, 1.807) is 18.2 Å². The number of benzene rings is 2.